The van der Waals surface area contributed by atoms with Gasteiger partial charge < -0.3 is 10.2 Å². The predicted molar refractivity (Wildman–Crippen MR) is 93.7 cm³/mol. The zero-order valence-corrected chi connectivity index (χ0v) is 14.8. The Balaban J connectivity index is 2.70. The molecule has 120 valence electrons. The van der Waals surface area contributed by atoms with Crippen molar-refractivity contribution in [3.05, 3.63) is 35.4 Å². The molecule has 0 saturated heterocycles. The summed E-state index contributed by atoms with van der Waals surface area (Å²) in [6.45, 7) is 14.5. The summed E-state index contributed by atoms with van der Waals surface area (Å²) >= 11 is 0. The minimum Gasteiger partial charge on any atom is -0.309 e. The third-order valence-corrected chi connectivity index (χ3v) is 3.65. The van der Waals surface area contributed by atoms with Crippen LogP contribution in [-0.4, -0.2) is 31.6 Å². The summed E-state index contributed by atoms with van der Waals surface area (Å²) in [5.41, 5.74) is 2.85. The van der Waals surface area contributed by atoms with Gasteiger partial charge in [-0.1, -0.05) is 58.9 Å². The Labute approximate surface area is 131 Å². The Morgan fingerprint density at radius 3 is 2.05 bits per heavy atom. The van der Waals surface area contributed by atoms with E-state index in [1.807, 2.05) is 0 Å². The zero-order valence-electron chi connectivity index (χ0n) is 14.8. The average Bonchev–Trinajstić information content (AvgIpc) is 2.37. The minimum absolute atomic E-state index is 0.423. The van der Waals surface area contributed by atoms with Crippen LogP contribution in [0, 0.1) is 11.8 Å². The molecule has 21 heavy (non-hydrogen) atoms. The van der Waals surface area contributed by atoms with E-state index in [1.165, 1.54) is 17.5 Å². The monoisotopic (exact) mass is 290 g/mol. The van der Waals surface area contributed by atoms with Gasteiger partial charge in [-0.15, -0.1) is 0 Å². The molecule has 0 aliphatic heterocycles. The van der Waals surface area contributed by atoms with Crippen LogP contribution in [-0.2, 0) is 6.42 Å². The standard InChI is InChI=1S/C19H34N2/c1-7-20-19(14-21(6)13-16(4)5)18-10-8-17(9-11-18)12-15(2)3/h8-11,15-16,19-20H,7,12-14H2,1-6H3. The normalized spacial score (nSPS) is 13.4. The Hall–Kier alpha value is -0.860. The molecule has 0 radical (unpaired) electrons. The van der Waals surface area contributed by atoms with Crippen molar-refractivity contribution in [2.24, 2.45) is 11.8 Å². The van der Waals surface area contributed by atoms with Gasteiger partial charge in [0, 0.05) is 19.1 Å². The number of nitrogens with one attached hydrogen (secondary N) is 1. The highest BCUT2D eigenvalue weighted by Crippen LogP contribution is 2.17. The summed E-state index contributed by atoms with van der Waals surface area (Å²) in [4.78, 5) is 2.43. The fraction of sp³-hybridized carbons (Fsp3) is 0.684. The Morgan fingerprint density at radius 2 is 1.57 bits per heavy atom. The molecule has 2 nitrogen and oxygen atoms in total. The van der Waals surface area contributed by atoms with E-state index < -0.39 is 0 Å². The van der Waals surface area contributed by atoms with Gasteiger partial charge in [-0.25, -0.2) is 0 Å². The second-order valence-corrected chi connectivity index (χ2v) is 7.06. The summed E-state index contributed by atoms with van der Waals surface area (Å²) < 4.78 is 0. The van der Waals surface area contributed by atoms with Crippen molar-refractivity contribution in [3.63, 3.8) is 0 Å². The van der Waals surface area contributed by atoms with Crippen LogP contribution in [0.25, 0.3) is 0 Å². The first kappa shape index (κ1) is 18.2. The largest absolute Gasteiger partial charge is 0.309 e. The first-order valence-electron chi connectivity index (χ1n) is 8.43. The van der Waals surface area contributed by atoms with Gasteiger partial charge in [0.1, 0.15) is 0 Å². The highest BCUT2D eigenvalue weighted by Gasteiger charge is 2.13. The third-order valence-electron chi connectivity index (χ3n) is 3.65. The van der Waals surface area contributed by atoms with Crippen molar-refractivity contribution in [1.29, 1.82) is 0 Å². The Morgan fingerprint density at radius 1 is 0.952 bits per heavy atom. The van der Waals surface area contributed by atoms with Crippen LogP contribution in [0.2, 0.25) is 0 Å². The number of benzene rings is 1. The molecule has 1 rings (SSSR count). The summed E-state index contributed by atoms with van der Waals surface area (Å²) in [5.74, 6) is 1.43. The fourth-order valence-corrected chi connectivity index (χ4v) is 2.90. The third kappa shape index (κ3) is 7.10. The fourth-order valence-electron chi connectivity index (χ4n) is 2.90. The molecule has 0 amide bonds. The van der Waals surface area contributed by atoms with E-state index in [2.05, 4.69) is 76.1 Å². The second kappa shape index (κ2) is 9.22. The van der Waals surface area contributed by atoms with Crippen molar-refractivity contribution in [1.82, 2.24) is 10.2 Å². The Kier molecular flexibility index (Phi) is 7.98. The van der Waals surface area contributed by atoms with Crippen molar-refractivity contribution in [3.8, 4) is 0 Å². The molecule has 0 bridgehead atoms. The van der Waals surface area contributed by atoms with Gasteiger partial charge in [-0.05, 0) is 43.0 Å². The van der Waals surface area contributed by atoms with Gasteiger partial charge in [0.05, 0.1) is 0 Å². The molecule has 0 aliphatic rings. The average molecular weight is 290 g/mol. The number of nitrogens with zero attached hydrogens (tertiary/aromatic N) is 1. The summed E-state index contributed by atoms with van der Waals surface area (Å²) in [6, 6.07) is 9.61. The number of hydrogen-bond donors (Lipinski definition) is 1. The van der Waals surface area contributed by atoms with Crippen LogP contribution in [0.1, 0.15) is 51.8 Å². The van der Waals surface area contributed by atoms with Crippen molar-refractivity contribution < 1.29 is 0 Å². The molecule has 0 aliphatic carbocycles. The summed E-state index contributed by atoms with van der Waals surface area (Å²) in [7, 11) is 2.22. The van der Waals surface area contributed by atoms with E-state index in [0.29, 0.717) is 12.0 Å². The molecule has 2 heteroatoms. The first-order valence-corrected chi connectivity index (χ1v) is 8.43. The first-order chi connectivity index (χ1) is 9.92. The lowest BCUT2D eigenvalue weighted by molar-refractivity contribution is 0.263. The molecule has 1 N–H and O–H groups in total. The smallest absolute Gasteiger partial charge is 0.0449 e. The molecule has 0 fully saturated rings. The lowest BCUT2D eigenvalue weighted by Gasteiger charge is -2.26. The predicted octanol–water partition coefficient (Wildman–Crippen LogP) is 4.12. The Bertz CT molecular complexity index is 381. The van der Waals surface area contributed by atoms with Crippen LogP contribution in [0.5, 0.6) is 0 Å². The minimum atomic E-state index is 0.423. The lowest BCUT2D eigenvalue weighted by Crippen LogP contribution is -2.34. The zero-order chi connectivity index (χ0) is 15.8. The highest BCUT2D eigenvalue weighted by atomic mass is 15.1. The second-order valence-electron chi connectivity index (χ2n) is 7.06. The molecule has 1 aromatic rings. The van der Waals surface area contributed by atoms with Gasteiger partial charge in [-0.3, -0.25) is 0 Å². The molecule has 0 saturated carbocycles. The maximum Gasteiger partial charge on any atom is 0.0449 e. The lowest BCUT2D eigenvalue weighted by atomic mass is 9.99. The van der Waals surface area contributed by atoms with E-state index in [1.54, 1.807) is 0 Å². The molecular formula is C19H34N2. The van der Waals surface area contributed by atoms with E-state index in [9.17, 15) is 0 Å². The van der Waals surface area contributed by atoms with Crippen LogP contribution in [0.3, 0.4) is 0 Å². The van der Waals surface area contributed by atoms with Crippen LogP contribution in [0.15, 0.2) is 24.3 Å². The summed E-state index contributed by atoms with van der Waals surface area (Å²) in [6.07, 6.45) is 1.17. The topological polar surface area (TPSA) is 15.3 Å². The molecule has 1 unspecified atom stereocenters. The van der Waals surface area contributed by atoms with Gasteiger partial charge in [0.25, 0.3) is 0 Å². The molecule has 0 heterocycles. The van der Waals surface area contributed by atoms with Crippen molar-refractivity contribution in [2.45, 2.75) is 47.1 Å². The highest BCUT2D eigenvalue weighted by molar-refractivity contribution is 5.25. The van der Waals surface area contributed by atoms with Gasteiger partial charge in [-0.2, -0.15) is 0 Å². The van der Waals surface area contributed by atoms with E-state index in [-0.39, 0.29) is 0 Å². The maximum absolute atomic E-state index is 3.62. The van der Waals surface area contributed by atoms with E-state index >= 15 is 0 Å². The number of likely N-dealkylation sites (N-methyl/N-ethyl adjacent to an activating group) is 2. The van der Waals surface area contributed by atoms with E-state index in [0.717, 1.165) is 25.6 Å². The number of rotatable bonds is 9. The summed E-state index contributed by atoms with van der Waals surface area (Å²) in [5, 5.41) is 3.62. The van der Waals surface area contributed by atoms with Crippen LogP contribution in [0.4, 0.5) is 0 Å². The van der Waals surface area contributed by atoms with Crippen molar-refractivity contribution in [2.75, 3.05) is 26.7 Å². The van der Waals surface area contributed by atoms with Gasteiger partial charge >= 0.3 is 0 Å². The molecule has 1 atom stereocenters. The van der Waals surface area contributed by atoms with Crippen LogP contribution < -0.4 is 5.32 Å². The van der Waals surface area contributed by atoms with Crippen molar-refractivity contribution >= 4 is 0 Å². The van der Waals surface area contributed by atoms with Gasteiger partial charge in [0.2, 0.25) is 0 Å². The maximum atomic E-state index is 3.62. The molecular weight excluding hydrogens is 256 g/mol. The quantitative estimate of drug-likeness (QED) is 0.736. The molecule has 1 aromatic carbocycles. The SMILES string of the molecule is CCNC(CN(C)CC(C)C)c1ccc(CC(C)C)cc1. The van der Waals surface area contributed by atoms with Gasteiger partial charge in [0.15, 0.2) is 0 Å². The van der Waals surface area contributed by atoms with E-state index in [4.69, 9.17) is 0 Å². The molecule has 0 aromatic heterocycles. The molecule has 0 spiro atoms. The number of hydrogen-bond acceptors (Lipinski definition) is 2. The van der Waals surface area contributed by atoms with Crippen LogP contribution >= 0.6 is 0 Å².